The molecule has 10 nitrogen and oxygen atoms in total. The maximum atomic E-state index is 14.5. The van der Waals surface area contributed by atoms with Crippen LogP contribution in [0.1, 0.15) is 183 Å². The summed E-state index contributed by atoms with van der Waals surface area (Å²) < 4.78 is 11.7. The minimum atomic E-state index is -1.00. The van der Waals surface area contributed by atoms with Crippen molar-refractivity contribution in [1.29, 1.82) is 0 Å². The van der Waals surface area contributed by atoms with Gasteiger partial charge in [0.2, 0.25) is 5.91 Å². The SMILES string of the molecule is CC(C)C1=C2[C@H]3CC[C@@H]4[C@@]5(C)CC[C@H](OC(=O)[C@H]6C[C@@H](OC=O)C6(C)C)C(C)(C)[C@@H]5CC[C@@]4(C)[C@]3(C)CC[C@@]2(NC(=O)C(C)(C)CC(=O)c2cc(C(C)C)[nH]n2)CC1=O. The van der Waals surface area contributed by atoms with Crippen molar-refractivity contribution in [3.8, 4) is 0 Å². The molecule has 0 radical (unpaired) electrons. The lowest BCUT2D eigenvalue weighted by Gasteiger charge is -2.72. The molecule has 0 unspecified atom stereocenters. The molecule has 326 valence electrons. The van der Waals surface area contributed by atoms with Crippen LogP contribution in [0.4, 0.5) is 0 Å². The molecule has 10 atom stereocenters. The van der Waals surface area contributed by atoms with Gasteiger partial charge in [-0.2, -0.15) is 5.10 Å². The van der Waals surface area contributed by atoms with E-state index in [1.165, 1.54) is 5.57 Å². The van der Waals surface area contributed by atoms with E-state index in [9.17, 15) is 24.0 Å². The van der Waals surface area contributed by atoms with E-state index in [1.54, 1.807) is 6.07 Å². The lowest BCUT2D eigenvalue weighted by atomic mass is 9.33. The summed E-state index contributed by atoms with van der Waals surface area (Å²) in [6.45, 7) is 28.7. The first-order valence-electron chi connectivity index (χ1n) is 22.8. The lowest BCUT2D eigenvalue weighted by Crippen LogP contribution is -2.67. The van der Waals surface area contributed by atoms with Crippen molar-refractivity contribution < 1.29 is 33.4 Å². The van der Waals surface area contributed by atoms with Gasteiger partial charge in [0.15, 0.2) is 11.6 Å². The van der Waals surface area contributed by atoms with E-state index in [-0.39, 0.29) is 93.8 Å². The Bertz CT molecular complexity index is 1940. The summed E-state index contributed by atoms with van der Waals surface area (Å²) >= 11 is 0. The molecule has 1 amide bonds. The fourth-order valence-corrected chi connectivity index (χ4v) is 14.5. The van der Waals surface area contributed by atoms with Crippen molar-refractivity contribution in [3.63, 3.8) is 0 Å². The molecule has 0 spiro atoms. The Morgan fingerprint density at radius 1 is 0.881 bits per heavy atom. The third-order valence-electron chi connectivity index (χ3n) is 18.4. The number of ketones is 2. The van der Waals surface area contributed by atoms with E-state index in [4.69, 9.17) is 9.47 Å². The second-order valence-electron chi connectivity index (χ2n) is 23.2. The van der Waals surface area contributed by atoms with Crippen LogP contribution in [0.2, 0.25) is 0 Å². The molecule has 59 heavy (non-hydrogen) atoms. The molecule has 1 aromatic heterocycles. The third kappa shape index (κ3) is 6.52. The molecule has 2 N–H and O–H groups in total. The van der Waals surface area contributed by atoms with Crippen LogP contribution >= 0.6 is 0 Å². The predicted octanol–water partition coefficient (Wildman–Crippen LogP) is 9.48. The number of nitrogens with one attached hydrogen (secondary N) is 2. The van der Waals surface area contributed by atoms with E-state index in [2.05, 4.69) is 64.0 Å². The Morgan fingerprint density at radius 3 is 2.19 bits per heavy atom. The maximum Gasteiger partial charge on any atom is 0.310 e. The van der Waals surface area contributed by atoms with Gasteiger partial charge >= 0.3 is 5.97 Å². The summed E-state index contributed by atoms with van der Waals surface area (Å²) in [7, 11) is 0. The first kappa shape index (κ1) is 43.8. The number of esters is 1. The van der Waals surface area contributed by atoms with Crippen molar-refractivity contribution in [3.05, 3.63) is 28.6 Å². The molecule has 0 aromatic carbocycles. The molecular weight excluding hydrogens is 743 g/mol. The summed E-state index contributed by atoms with van der Waals surface area (Å²) in [5.74, 6) is 0.586. The number of nitrogens with zero attached hydrogens (tertiary/aromatic N) is 1. The van der Waals surface area contributed by atoms with Crippen LogP contribution in [0.3, 0.4) is 0 Å². The first-order chi connectivity index (χ1) is 27.3. The molecule has 5 fully saturated rings. The molecule has 7 rings (SSSR count). The largest absolute Gasteiger partial charge is 0.464 e. The number of H-pyrrole nitrogens is 1. The Balaban J connectivity index is 1.13. The van der Waals surface area contributed by atoms with Crippen LogP contribution < -0.4 is 5.32 Å². The van der Waals surface area contributed by atoms with Gasteiger partial charge in [-0.1, -0.05) is 90.0 Å². The van der Waals surface area contributed by atoms with Crippen molar-refractivity contribution >= 4 is 29.9 Å². The van der Waals surface area contributed by atoms with Crippen LogP contribution in [0.25, 0.3) is 0 Å². The molecule has 0 bridgehead atoms. The van der Waals surface area contributed by atoms with Gasteiger partial charge in [0.1, 0.15) is 17.9 Å². The fraction of sp³-hybridized carbons (Fsp3) is 0.796. The number of carbonyl (C=O) groups is 5. The highest BCUT2D eigenvalue weighted by Gasteiger charge is 2.70. The number of carbonyl (C=O) groups excluding carboxylic acids is 5. The van der Waals surface area contributed by atoms with E-state index >= 15 is 0 Å². The minimum absolute atomic E-state index is 0.00525. The van der Waals surface area contributed by atoms with Gasteiger partial charge in [0, 0.05) is 29.4 Å². The molecule has 1 heterocycles. The standard InChI is InChI=1S/C49H73N3O7/c1-27(2)31-23-32(52-51-31)33(54)24-43(5,6)42(57)50-49-21-20-47(12)29(40(49)39(28(3)4)34(55)25-49)14-15-36-46(11)18-17-37(45(9,10)35(46)16-19-48(36,47)13)59-41(56)30-22-38(58-26-53)44(30,7)8/h23,26-30,35-38H,14-22,24-25H2,1-13H3,(H,50,57)(H,51,52)/t29-,30-,35+,36-,37+,38-,46+,47-,48-,49-/m1/s1. The maximum absolute atomic E-state index is 14.5. The highest BCUT2D eigenvalue weighted by atomic mass is 16.6. The van der Waals surface area contributed by atoms with Crippen molar-refractivity contribution in [2.24, 2.45) is 62.1 Å². The number of hydrogen-bond donors (Lipinski definition) is 2. The molecule has 10 heteroatoms. The summed E-state index contributed by atoms with van der Waals surface area (Å²) in [5, 5.41) is 10.8. The predicted molar refractivity (Wildman–Crippen MR) is 226 cm³/mol. The molecule has 0 saturated heterocycles. The smallest absolute Gasteiger partial charge is 0.310 e. The van der Waals surface area contributed by atoms with E-state index in [0.29, 0.717) is 36.8 Å². The summed E-state index contributed by atoms with van der Waals surface area (Å²) in [5.41, 5.74) is 0.887. The molecule has 0 aliphatic heterocycles. The molecule has 6 aliphatic carbocycles. The van der Waals surface area contributed by atoms with Gasteiger partial charge in [-0.3, -0.25) is 29.1 Å². The van der Waals surface area contributed by atoms with Crippen LogP contribution in [0, 0.1) is 62.1 Å². The van der Waals surface area contributed by atoms with Crippen LogP contribution in [-0.2, 0) is 28.7 Å². The van der Waals surface area contributed by atoms with Gasteiger partial charge in [-0.15, -0.1) is 0 Å². The van der Waals surface area contributed by atoms with Gasteiger partial charge in [-0.05, 0) is 121 Å². The fourth-order valence-electron chi connectivity index (χ4n) is 14.5. The quantitative estimate of drug-likeness (QED) is 0.128. The minimum Gasteiger partial charge on any atom is -0.464 e. The number of hydrogen-bond acceptors (Lipinski definition) is 8. The second-order valence-corrected chi connectivity index (χ2v) is 23.2. The van der Waals surface area contributed by atoms with Crippen molar-refractivity contribution in [1.82, 2.24) is 15.5 Å². The average Bonchev–Trinajstić information content (AvgIpc) is 3.75. The zero-order valence-corrected chi connectivity index (χ0v) is 38.4. The number of ether oxygens (including phenoxy) is 2. The Hall–Kier alpha value is -3.30. The highest BCUT2D eigenvalue weighted by molar-refractivity contribution is 6.03. The molecule has 1 aromatic rings. The zero-order valence-electron chi connectivity index (χ0n) is 38.4. The number of fused-ring (bicyclic) bond motifs is 7. The van der Waals surface area contributed by atoms with E-state index < -0.39 is 16.4 Å². The summed E-state index contributed by atoms with van der Waals surface area (Å²) in [4.78, 5) is 66.9. The normalized spacial score (nSPS) is 38.4. The molecular formula is C49H73N3O7. The number of allylic oxidation sites excluding steroid dienone is 1. The Kier molecular flexibility index (Phi) is 10.7. The van der Waals surface area contributed by atoms with E-state index in [1.807, 2.05) is 41.5 Å². The average molecular weight is 816 g/mol. The second kappa shape index (κ2) is 14.4. The zero-order chi connectivity index (χ0) is 43.5. The first-order valence-corrected chi connectivity index (χ1v) is 22.8. The number of Topliss-reactive ketones (excluding diaryl/α,β-unsaturated/α-hetero) is 2. The van der Waals surface area contributed by atoms with Crippen LogP contribution in [-0.4, -0.2) is 57.9 Å². The Labute approximate surface area is 352 Å². The number of amides is 1. The number of aromatic amines is 1. The van der Waals surface area contributed by atoms with Gasteiger partial charge in [-0.25, -0.2) is 0 Å². The van der Waals surface area contributed by atoms with Crippen molar-refractivity contribution in [2.45, 2.75) is 184 Å². The van der Waals surface area contributed by atoms with Crippen LogP contribution in [0.15, 0.2) is 17.2 Å². The summed E-state index contributed by atoms with van der Waals surface area (Å²) in [6.07, 6.45) is 7.92. The number of aromatic nitrogens is 2. The summed E-state index contributed by atoms with van der Waals surface area (Å²) in [6, 6.07) is 1.79. The van der Waals surface area contributed by atoms with Gasteiger partial charge in [0.05, 0.1) is 16.9 Å². The van der Waals surface area contributed by atoms with Crippen LogP contribution in [0.5, 0.6) is 0 Å². The molecule has 6 aliphatic rings. The Morgan fingerprint density at radius 2 is 1.58 bits per heavy atom. The van der Waals surface area contributed by atoms with E-state index in [0.717, 1.165) is 56.2 Å². The lowest BCUT2D eigenvalue weighted by molar-refractivity contribution is -0.236. The van der Waals surface area contributed by atoms with Gasteiger partial charge < -0.3 is 14.8 Å². The van der Waals surface area contributed by atoms with Gasteiger partial charge in [0.25, 0.3) is 6.47 Å². The topological polar surface area (TPSA) is 145 Å². The monoisotopic (exact) mass is 816 g/mol. The van der Waals surface area contributed by atoms with Crippen molar-refractivity contribution in [2.75, 3.05) is 0 Å². The highest BCUT2D eigenvalue weighted by Crippen LogP contribution is 2.76. The molecule has 5 saturated carbocycles. The number of rotatable bonds is 11. The third-order valence-corrected chi connectivity index (χ3v) is 18.4.